The second-order valence-electron chi connectivity index (χ2n) is 8.09. The first kappa shape index (κ1) is 25.7. The zero-order chi connectivity index (χ0) is 25.7. The third kappa shape index (κ3) is 6.25. The van der Waals surface area contributed by atoms with E-state index in [4.69, 9.17) is 9.47 Å². The number of aliphatic imine (C=N–C) groups is 1. The van der Waals surface area contributed by atoms with Crippen molar-refractivity contribution in [1.82, 2.24) is 4.90 Å². The minimum atomic E-state index is -0.376. The number of nitrogens with zero attached hydrogens (tertiary/aromatic N) is 2. The molecule has 8 heteroatoms. The standard InChI is InChI=1S/C28H25BrN2O4S/c1-4-34-27(33)20-9-12-23(13-10-20)30-28-31(3)26(32)25(36-28)16-21-15-22(29)11-14-24(21)35-17-19-7-5-18(2)6-8-19/h5-16H,4,17H2,1-3H3/b25-16-,30-28?. The largest absolute Gasteiger partial charge is 0.488 e. The SMILES string of the molecule is CCOC(=O)c1ccc(N=C2S/C(=C\c3cc(Br)ccc3OCc3ccc(C)cc3)C(=O)N2C)cc1. The number of carbonyl (C=O) groups excluding carboxylic acids is 2. The highest BCUT2D eigenvalue weighted by atomic mass is 79.9. The highest BCUT2D eigenvalue weighted by Gasteiger charge is 2.30. The van der Waals surface area contributed by atoms with Crippen LogP contribution in [0.15, 0.2) is 81.1 Å². The third-order valence-electron chi connectivity index (χ3n) is 5.38. The van der Waals surface area contributed by atoms with Crippen LogP contribution in [0.1, 0.15) is 34.0 Å². The minimum absolute atomic E-state index is 0.147. The first-order valence-electron chi connectivity index (χ1n) is 11.4. The fourth-order valence-electron chi connectivity index (χ4n) is 3.40. The molecule has 1 heterocycles. The molecule has 0 aliphatic carbocycles. The van der Waals surface area contributed by atoms with Gasteiger partial charge in [0, 0.05) is 17.1 Å². The highest BCUT2D eigenvalue weighted by Crippen LogP contribution is 2.35. The molecular formula is C28H25BrN2O4S. The Morgan fingerprint density at radius 3 is 2.50 bits per heavy atom. The lowest BCUT2D eigenvalue weighted by Gasteiger charge is -2.11. The molecule has 0 saturated carbocycles. The summed E-state index contributed by atoms with van der Waals surface area (Å²) < 4.78 is 12.0. The zero-order valence-electron chi connectivity index (χ0n) is 20.2. The molecule has 184 valence electrons. The van der Waals surface area contributed by atoms with E-state index in [2.05, 4.69) is 33.1 Å². The number of carbonyl (C=O) groups is 2. The van der Waals surface area contributed by atoms with Gasteiger partial charge in [0.1, 0.15) is 12.4 Å². The molecule has 0 atom stereocenters. The van der Waals surface area contributed by atoms with Gasteiger partial charge in [0.2, 0.25) is 0 Å². The van der Waals surface area contributed by atoms with Crippen LogP contribution in [0, 0.1) is 6.92 Å². The smallest absolute Gasteiger partial charge is 0.338 e. The van der Waals surface area contributed by atoms with E-state index in [1.165, 1.54) is 22.2 Å². The van der Waals surface area contributed by atoms with Crippen LogP contribution in [0.25, 0.3) is 6.08 Å². The van der Waals surface area contributed by atoms with Crippen LogP contribution in [-0.2, 0) is 16.1 Å². The predicted octanol–water partition coefficient (Wildman–Crippen LogP) is 6.75. The lowest BCUT2D eigenvalue weighted by molar-refractivity contribution is -0.121. The average Bonchev–Trinajstić information content (AvgIpc) is 3.13. The van der Waals surface area contributed by atoms with Gasteiger partial charge in [-0.1, -0.05) is 45.8 Å². The molecule has 1 saturated heterocycles. The average molecular weight is 565 g/mol. The van der Waals surface area contributed by atoms with Crippen LogP contribution in [0.3, 0.4) is 0 Å². The van der Waals surface area contributed by atoms with Gasteiger partial charge in [-0.15, -0.1) is 0 Å². The van der Waals surface area contributed by atoms with Gasteiger partial charge in [-0.2, -0.15) is 0 Å². The van der Waals surface area contributed by atoms with Crippen molar-refractivity contribution in [2.45, 2.75) is 20.5 Å². The van der Waals surface area contributed by atoms with Crippen LogP contribution < -0.4 is 4.74 Å². The monoisotopic (exact) mass is 564 g/mol. The molecule has 0 unspecified atom stereocenters. The first-order chi connectivity index (χ1) is 17.3. The number of likely N-dealkylation sites (N-methyl/N-ethyl adjacent to an activating group) is 1. The zero-order valence-corrected chi connectivity index (χ0v) is 22.6. The number of esters is 1. The van der Waals surface area contributed by atoms with E-state index in [-0.39, 0.29) is 11.9 Å². The number of hydrogen-bond donors (Lipinski definition) is 0. The Labute approximate surface area is 223 Å². The van der Waals surface area contributed by atoms with E-state index in [0.29, 0.717) is 40.3 Å². The molecule has 1 amide bonds. The molecule has 36 heavy (non-hydrogen) atoms. The molecule has 6 nitrogen and oxygen atoms in total. The van der Waals surface area contributed by atoms with Crippen molar-refractivity contribution in [2.24, 2.45) is 4.99 Å². The number of amidine groups is 1. The Balaban J connectivity index is 1.54. The Morgan fingerprint density at radius 2 is 1.81 bits per heavy atom. The van der Waals surface area contributed by atoms with E-state index in [0.717, 1.165) is 15.6 Å². The lowest BCUT2D eigenvalue weighted by Crippen LogP contribution is -2.23. The summed E-state index contributed by atoms with van der Waals surface area (Å²) in [6.07, 6.45) is 1.82. The highest BCUT2D eigenvalue weighted by molar-refractivity contribution is 9.10. The van der Waals surface area contributed by atoms with Gasteiger partial charge in [0.25, 0.3) is 5.91 Å². The second-order valence-corrected chi connectivity index (χ2v) is 10.0. The predicted molar refractivity (Wildman–Crippen MR) is 147 cm³/mol. The van der Waals surface area contributed by atoms with Crippen molar-refractivity contribution in [3.05, 3.63) is 98.4 Å². The number of halogens is 1. The maximum absolute atomic E-state index is 13.0. The number of hydrogen-bond acceptors (Lipinski definition) is 6. The van der Waals surface area contributed by atoms with Gasteiger partial charge in [0.05, 0.1) is 22.8 Å². The van der Waals surface area contributed by atoms with Gasteiger partial charge in [-0.3, -0.25) is 9.69 Å². The van der Waals surface area contributed by atoms with E-state index in [1.54, 1.807) is 38.2 Å². The van der Waals surface area contributed by atoms with Crippen molar-refractivity contribution in [1.29, 1.82) is 0 Å². The molecule has 1 fully saturated rings. The van der Waals surface area contributed by atoms with Crippen LogP contribution in [-0.4, -0.2) is 35.6 Å². The quantitative estimate of drug-likeness (QED) is 0.234. The summed E-state index contributed by atoms with van der Waals surface area (Å²) in [5, 5.41) is 0.548. The number of amides is 1. The van der Waals surface area contributed by atoms with E-state index < -0.39 is 0 Å². The molecule has 3 aromatic rings. The second kappa shape index (κ2) is 11.6. The van der Waals surface area contributed by atoms with Crippen molar-refractivity contribution in [3.63, 3.8) is 0 Å². The summed E-state index contributed by atoms with van der Waals surface area (Å²) in [7, 11) is 1.69. The van der Waals surface area contributed by atoms with Crippen molar-refractivity contribution < 1.29 is 19.1 Å². The summed E-state index contributed by atoms with van der Waals surface area (Å²) >= 11 is 4.81. The molecule has 4 rings (SSSR count). The minimum Gasteiger partial charge on any atom is -0.488 e. The summed E-state index contributed by atoms with van der Waals surface area (Å²) in [6, 6.07) is 20.7. The summed E-state index contributed by atoms with van der Waals surface area (Å²) in [5.74, 6) is 0.160. The van der Waals surface area contributed by atoms with Crippen LogP contribution in [0.5, 0.6) is 5.75 Å². The molecule has 0 bridgehead atoms. The van der Waals surface area contributed by atoms with Crippen LogP contribution in [0.2, 0.25) is 0 Å². The van der Waals surface area contributed by atoms with Gasteiger partial charge >= 0.3 is 5.97 Å². The number of rotatable bonds is 7. The van der Waals surface area contributed by atoms with Crippen molar-refractivity contribution in [2.75, 3.05) is 13.7 Å². The van der Waals surface area contributed by atoms with Crippen LogP contribution in [0.4, 0.5) is 5.69 Å². The summed E-state index contributed by atoms with van der Waals surface area (Å²) in [6.45, 7) is 4.56. The molecule has 0 N–H and O–H groups in total. The Bertz CT molecular complexity index is 1330. The van der Waals surface area contributed by atoms with E-state index in [1.807, 2.05) is 43.3 Å². The Kier molecular flexibility index (Phi) is 8.28. The molecule has 1 aliphatic rings. The first-order valence-corrected chi connectivity index (χ1v) is 13.0. The van der Waals surface area contributed by atoms with E-state index in [9.17, 15) is 9.59 Å². The molecule has 1 aliphatic heterocycles. The maximum atomic E-state index is 13.0. The normalized spacial score (nSPS) is 15.6. The number of ether oxygens (including phenoxy) is 2. The van der Waals surface area contributed by atoms with Gasteiger partial charge in [-0.25, -0.2) is 9.79 Å². The van der Waals surface area contributed by atoms with Gasteiger partial charge in [0.15, 0.2) is 5.17 Å². The molecular weight excluding hydrogens is 540 g/mol. The van der Waals surface area contributed by atoms with Gasteiger partial charge in [-0.05, 0) is 79.7 Å². The van der Waals surface area contributed by atoms with Crippen LogP contribution >= 0.6 is 27.7 Å². The fraction of sp³-hybridized carbons (Fsp3) is 0.179. The molecule has 3 aromatic carbocycles. The van der Waals surface area contributed by atoms with Crippen molar-refractivity contribution in [3.8, 4) is 5.75 Å². The topological polar surface area (TPSA) is 68.2 Å². The number of thioether (sulfide) groups is 1. The van der Waals surface area contributed by atoms with E-state index >= 15 is 0 Å². The molecule has 0 radical (unpaired) electrons. The summed E-state index contributed by atoms with van der Waals surface area (Å²) in [5.41, 5.74) is 4.15. The Hall–Kier alpha value is -3.36. The number of aryl methyl sites for hydroxylation is 1. The summed E-state index contributed by atoms with van der Waals surface area (Å²) in [4.78, 5) is 31.5. The third-order valence-corrected chi connectivity index (χ3v) is 6.93. The maximum Gasteiger partial charge on any atom is 0.338 e. The lowest BCUT2D eigenvalue weighted by atomic mass is 10.1. The fourth-order valence-corrected chi connectivity index (χ4v) is 4.76. The molecule has 0 spiro atoms. The molecule has 0 aromatic heterocycles. The Morgan fingerprint density at radius 1 is 1.08 bits per heavy atom. The number of benzene rings is 3. The van der Waals surface area contributed by atoms with Gasteiger partial charge < -0.3 is 9.47 Å². The van der Waals surface area contributed by atoms with Crippen molar-refractivity contribution >= 4 is 56.5 Å².